The second kappa shape index (κ2) is 2.61. The standard InChI is InChI=1S/C14H18O3S/c15-18-16-13-5-7-1-9-10-2-8(4-11(9)13)6-14(13,17-18)12(10)3-7/h7-12H,1-6H2. The van der Waals surface area contributed by atoms with Crippen LogP contribution < -0.4 is 0 Å². The lowest BCUT2D eigenvalue weighted by molar-refractivity contribution is -0.312. The summed E-state index contributed by atoms with van der Waals surface area (Å²) < 4.78 is 24.0. The molecule has 8 fully saturated rings. The van der Waals surface area contributed by atoms with Gasteiger partial charge in [-0.25, -0.2) is 0 Å². The maximum absolute atomic E-state index is 12.0. The molecular weight excluding hydrogens is 248 g/mol. The van der Waals surface area contributed by atoms with E-state index in [1.54, 1.807) is 0 Å². The molecule has 0 amide bonds. The van der Waals surface area contributed by atoms with Crippen LogP contribution in [0.25, 0.3) is 0 Å². The minimum atomic E-state index is -1.47. The van der Waals surface area contributed by atoms with Gasteiger partial charge in [-0.2, -0.15) is 4.21 Å². The summed E-state index contributed by atoms with van der Waals surface area (Å²) >= 11 is -1.47. The van der Waals surface area contributed by atoms with E-state index in [2.05, 4.69) is 0 Å². The summed E-state index contributed by atoms with van der Waals surface area (Å²) in [4.78, 5) is 0. The molecule has 3 nitrogen and oxygen atoms in total. The lowest BCUT2D eigenvalue weighted by Crippen LogP contribution is -2.78. The number of rotatable bonds is 0. The average Bonchev–Trinajstić information content (AvgIpc) is 2.64. The summed E-state index contributed by atoms with van der Waals surface area (Å²) in [5.74, 6) is 4.71. The normalized spacial score (nSPS) is 74.1. The van der Waals surface area contributed by atoms with Crippen LogP contribution in [0.5, 0.6) is 0 Å². The highest BCUT2D eigenvalue weighted by Gasteiger charge is 2.81. The van der Waals surface area contributed by atoms with E-state index in [0.29, 0.717) is 11.8 Å². The summed E-state index contributed by atoms with van der Waals surface area (Å²) in [6.07, 6.45) is 7.76. The van der Waals surface area contributed by atoms with Crippen LogP contribution in [-0.4, -0.2) is 15.4 Å². The molecule has 8 bridgehead atoms. The van der Waals surface area contributed by atoms with Crippen molar-refractivity contribution in [2.45, 2.75) is 49.7 Å². The Morgan fingerprint density at radius 3 is 1.83 bits per heavy atom. The maximum Gasteiger partial charge on any atom is 0.305 e. The molecule has 0 aromatic rings. The van der Waals surface area contributed by atoms with Gasteiger partial charge in [0.2, 0.25) is 0 Å². The van der Waals surface area contributed by atoms with Crippen LogP contribution in [0.3, 0.4) is 0 Å². The SMILES string of the molecule is O=S1OC23CC4CC5C6CC(CC52)CC3(O1)C6C4. The minimum Gasteiger partial charge on any atom is -0.258 e. The van der Waals surface area contributed by atoms with Crippen molar-refractivity contribution in [1.29, 1.82) is 0 Å². The summed E-state index contributed by atoms with van der Waals surface area (Å²) in [6.45, 7) is 0. The van der Waals surface area contributed by atoms with E-state index in [0.717, 1.165) is 36.5 Å². The largest absolute Gasteiger partial charge is 0.305 e. The smallest absolute Gasteiger partial charge is 0.258 e. The van der Waals surface area contributed by atoms with Gasteiger partial charge in [-0.3, -0.25) is 8.37 Å². The van der Waals surface area contributed by atoms with Gasteiger partial charge in [-0.15, -0.1) is 0 Å². The number of hydrogen-bond donors (Lipinski definition) is 0. The molecule has 8 aliphatic rings. The average molecular weight is 266 g/mol. The van der Waals surface area contributed by atoms with E-state index in [4.69, 9.17) is 8.37 Å². The van der Waals surface area contributed by atoms with Gasteiger partial charge in [0.1, 0.15) is 11.2 Å². The topological polar surface area (TPSA) is 35.5 Å². The van der Waals surface area contributed by atoms with Crippen molar-refractivity contribution < 1.29 is 12.6 Å². The van der Waals surface area contributed by atoms with Crippen LogP contribution in [0.1, 0.15) is 38.5 Å². The first-order valence-corrected chi connectivity index (χ1v) is 8.53. The molecule has 0 N–H and O–H groups in total. The van der Waals surface area contributed by atoms with Crippen molar-refractivity contribution in [3.05, 3.63) is 0 Å². The third-order valence-corrected chi connectivity index (χ3v) is 8.37. The van der Waals surface area contributed by atoms with Crippen LogP contribution in [-0.2, 0) is 19.7 Å². The van der Waals surface area contributed by atoms with Crippen molar-refractivity contribution in [1.82, 2.24) is 0 Å². The molecule has 1 heterocycles. The Morgan fingerprint density at radius 1 is 0.833 bits per heavy atom. The van der Waals surface area contributed by atoms with E-state index < -0.39 is 11.4 Å². The summed E-state index contributed by atoms with van der Waals surface area (Å²) in [5, 5.41) is 0. The Morgan fingerprint density at radius 2 is 1.33 bits per heavy atom. The lowest BCUT2D eigenvalue weighted by Gasteiger charge is -2.74. The monoisotopic (exact) mass is 266 g/mol. The zero-order valence-corrected chi connectivity index (χ0v) is 11.2. The first-order chi connectivity index (χ1) is 8.72. The van der Waals surface area contributed by atoms with Crippen LogP contribution >= 0.6 is 0 Å². The second-order valence-corrected chi connectivity index (χ2v) is 8.52. The Kier molecular flexibility index (Phi) is 1.44. The van der Waals surface area contributed by atoms with Gasteiger partial charge < -0.3 is 0 Å². The van der Waals surface area contributed by atoms with Crippen molar-refractivity contribution in [2.75, 3.05) is 0 Å². The first kappa shape index (κ1) is 9.89. The molecule has 7 aliphatic carbocycles. The predicted molar refractivity (Wildman–Crippen MR) is 64.4 cm³/mol. The Balaban J connectivity index is 1.67. The minimum absolute atomic E-state index is 0.137. The Bertz CT molecular complexity index is 451. The van der Waals surface area contributed by atoms with Crippen molar-refractivity contribution in [3.8, 4) is 0 Å². The van der Waals surface area contributed by atoms with E-state index in [1.165, 1.54) is 25.7 Å². The van der Waals surface area contributed by atoms with Gasteiger partial charge in [-0.05, 0) is 74.0 Å². The maximum atomic E-state index is 12.0. The van der Waals surface area contributed by atoms with Crippen molar-refractivity contribution in [3.63, 3.8) is 0 Å². The van der Waals surface area contributed by atoms with E-state index in [-0.39, 0.29) is 11.2 Å². The van der Waals surface area contributed by atoms with E-state index in [1.807, 2.05) is 0 Å². The fourth-order valence-corrected chi connectivity index (χ4v) is 8.62. The summed E-state index contributed by atoms with van der Waals surface area (Å²) in [6, 6.07) is 0. The summed E-state index contributed by atoms with van der Waals surface area (Å²) in [7, 11) is 0. The Labute approximate surface area is 109 Å². The molecule has 18 heavy (non-hydrogen) atoms. The zero-order valence-electron chi connectivity index (χ0n) is 10.3. The molecule has 0 aromatic heterocycles. The van der Waals surface area contributed by atoms with Crippen LogP contribution in [0.15, 0.2) is 0 Å². The molecule has 7 saturated carbocycles. The van der Waals surface area contributed by atoms with Crippen LogP contribution in [0.4, 0.5) is 0 Å². The molecule has 8 unspecified atom stereocenters. The highest BCUT2D eigenvalue weighted by Crippen LogP contribution is 2.77. The van der Waals surface area contributed by atoms with Crippen LogP contribution in [0.2, 0.25) is 0 Å². The van der Waals surface area contributed by atoms with Gasteiger partial charge in [0.25, 0.3) is 0 Å². The Hall–Kier alpha value is 0.0700. The van der Waals surface area contributed by atoms with Crippen LogP contribution in [0, 0.1) is 35.5 Å². The molecule has 0 radical (unpaired) electrons. The van der Waals surface area contributed by atoms with Gasteiger partial charge in [0.15, 0.2) is 0 Å². The molecule has 98 valence electrons. The molecule has 8 atom stereocenters. The zero-order chi connectivity index (χ0) is 11.7. The lowest BCUT2D eigenvalue weighted by atomic mass is 9.32. The molecule has 8 rings (SSSR count). The third kappa shape index (κ3) is 0.765. The van der Waals surface area contributed by atoms with Gasteiger partial charge in [0.05, 0.1) is 0 Å². The van der Waals surface area contributed by atoms with Crippen molar-refractivity contribution in [2.24, 2.45) is 35.5 Å². The first-order valence-electron chi connectivity index (χ1n) is 7.53. The molecule has 0 aromatic carbocycles. The molecule has 1 aliphatic heterocycles. The molecule has 1 saturated heterocycles. The highest BCUT2D eigenvalue weighted by atomic mass is 32.2. The van der Waals surface area contributed by atoms with E-state index >= 15 is 0 Å². The predicted octanol–water partition coefficient (Wildman–Crippen LogP) is 2.20. The fourth-order valence-electron chi connectivity index (χ4n) is 7.44. The molecule has 2 spiro atoms. The quantitative estimate of drug-likeness (QED) is 0.674. The summed E-state index contributed by atoms with van der Waals surface area (Å²) in [5.41, 5.74) is -0.274. The van der Waals surface area contributed by atoms with Gasteiger partial charge in [-0.1, -0.05) is 0 Å². The fraction of sp³-hybridized carbons (Fsp3) is 1.00. The third-order valence-electron chi connectivity index (χ3n) is 7.50. The highest BCUT2D eigenvalue weighted by molar-refractivity contribution is 7.75. The second-order valence-electron chi connectivity index (χ2n) is 7.77. The number of hydrogen-bond acceptors (Lipinski definition) is 3. The van der Waals surface area contributed by atoms with Gasteiger partial charge >= 0.3 is 11.4 Å². The van der Waals surface area contributed by atoms with Gasteiger partial charge in [0, 0.05) is 0 Å². The van der Waals surface area contributed by atoms with E-state index in [9.17, 15) is 4.21 Å². The molecule has 4 heteroatoms. The van der Waals surface area contributed by atoms with Crippen molar-refractivity contribution >= 4 is 11.4 Å². The molecular formula is C14H18O3S.